The highest BCUT2D eigenvalue weighted by molar-refractivity contribution is 9.10. The summed E-state index contributed by atoms with van der Waals surface area (Å²) < 4.78 is 1.22. The third kappa shape index (κ3) is 4.13. The Hall–Kier alpha value is 0.660. The Morgan fingerprint density at radius 3 is 2.77 bits per heavy atom. The second-order valence-electron chi connectivity index (χ2n) is 3.24. The molecule has 13 heavy (non-hydrogen) atoms. The zero-order valence-corrected chi connectivity index (χ0v) is 11.7. The highest BCUT2D eigenvalue weighted by atomic mass is 79.9. The molecule has 1 rings (SSSR count). The molecule has 1 unspecified atom stereocenters. The van der Waals surface area contributed by atoms with Crippen molar-refractivity contribution in [1.29, 1.82) is 0 Å². The van der Waals surface area contributed by atoms with E-state index in [0.29, 0.717) is 0 Å². The van der Waals surface area contributed by atoms with Crippen molar-refractivity contribution in [3.05, 3.63) is 20.8 Å². The van der Waals surface area contributed by atoms with E-state index in [-0.39, 0.29) is 0 Å². The van der Waals surface area contributed by atoms with E-state index in [4.69, 9.17) is 0 Å². The molecule has 0 aliphatic rings. The van der Waals surface area contributed by atoms with Crippen LogP contribution in [0.25, 0.3) is 0 Å². The number of hydrogen-bond acceptors (Lipinski definition) is 1. The molecule has 1 atom stereocenters. The Morgan fingerprint density at radius 2 is 2.31 bits per heavy atom. The molecule has 0 spiro atoms. The minimum absolute atomic E-state index is 0.801. The van der Waals surface area contributed by atoms with Crippen LogP contribution in [-0.4, -0.2) is 5.33 Å². The van der Waals surface area contributed by atoms with Crippen LogP contribution >= 0.6 is 43.2 Å². The van der Waals surface area contributed by atoms with Crippen molar-refractivity contribution in [1.82, 2.24) is 0 Å². The first-order valence-corrected chi connectivity index (χ1v) is 7.34. The Balaban J connectivity index is 2.46. The number of alkyl halides is 1. The molecule has 0 N–H and O–H groups in total. The molecule has 0 radical (unpaired) electrons. The SMILES string of the molecule is CCCC(CBr)Cc1cc(Br)cs1. The van der Waals surface area contributed by atoms with E-state index in [9.17, 15) is 0 Å². The monoisotopic (exact) mass is 324 g/mol. The molecular formula is C10H14Br2S. The van der Waals surface area contributed by atoms with Crippen molar-refractivity contribution in [2.24, 2.45) is 5.92 Å². The first kappa shape index (κ1) is 11.7. The van der Waals surface area contributed by atoms with Crippen LogP contribution in [0.5, 0.6) is 0 Å². The van der Waals surface area contributed by atoms with Gasteiger partial charge in [-0.2, -0.15) is 0 Å². The van der Waals surface area contributed by atoms with Crippen molar-refractivity contribution < 1.29 is 0 Å². The van der Waals surface area contributed by atoms with Crippen molar-refractivity contribution in [3.8, 4) is 0 Å². The lowest BCUT2D eigenvalue weighted by Crippen LogP contribution is -2.04. The highest BCUT2D eigenvalue weighted by Crippen LogP contribution is 2.24. The van der Waals surface area contributed by atoms with Gasteiger partial charge in [-0.3, -0.25) is 0 Å². The predicted octanol–water partition coefficient (Wildman–Crippen LogP) is 4.86. The fraction of sp³-hybridized carbons (Fsp3) is 0.600. The van der Waals surface area contributed by atoms with Crippen LogP contribution in [0.1, 0.15) is 24.6 Å². The summed E-state index contributed by atoms with van der Waals surface area (Å²) in [6.07, 6.45) is 3.82. The summed E-state index contributed by atoms with van der Waals surface area (Å²) >= 11 is 8.91. The van der Waals surface area contributed by atoms with Gasteiger partial charge in [-0.1, -0.05) is 29.3 Å². The minimum atomic E-state index is 0.801. The third-order valence-electron chi connectivity index (χ3n) is 2.03. The standard InChI is InChI=1S/C10H14Br2S/c1-2-3-8(6-11)4-10-5-9(12)7-13-10/h5,7-8H,2-4,6H2,1H3. The van der Waals surface area contributed by atoms with Crippen molar-refractivity contribution in [2.45, 2.75) is 26.2 Å². The molecule has 0 bridgehead atoms. The third-order valence-corrected chi connectivity index (χ3v) is 4.66. The van der Waals surface area contributed by atoms with E-state index in [0.717, 1.165) is 11.2 Å². The molecule has 0 saturated carbocycles. The van der Waals surface area contributed by atoms with Crippen LogP contribution in [0.15, 0.2) is 15.9 Å². The van der Waals surface area contributed by atoms with Crippen LogP contribution < -0.4 is 0 Å². The van der Waals surface area contributed by atoms with Crippen LogP contribution in [0.3, 0.4) is 0 Å². The first-order chi connectivity index (χ1) is 6.26. The topological polar surface area (TPSA) is 0 Å². The van der Waals surface area contributed by atoms with E-state index >= 15 is 0 Å². The summed E-state index contributed by atoms with van der Waals surface area (Å²) in [5.74, 6) is 0.801. The molecule has 3 heteroatoms. The van der Waals surface area contributed by atoms with Gasteiger partial charge in [0.15, 0.2) is 0 Å². The molecule has 0 aromatic carbocycles. The molecule has 0 aliphatic carbocycles. The van der Waals surface area contributed by atoms with Crippen molar-refractivity contribution in [3.63, 3.8) is 0 Å². The van der Waals surface area contributed by atoms with Crippen LogP contribution in [0.4, 0.5) is 0 Å². The van der Waals surface area contributed by atoms with Gasteiger partial charge < -0.3 is 0 Å². The Bertz CT molecular complexity index is 245. The van der Waals surface area contributed by atoms with Crippen molar-refractivity contribution in [2.75, 3.05) is 5.33 Å². The van der Waals surface area contributed by atoms with Gasteiger partial charge >= 0.3 is 0 Å². The normalized spacial score (nSPS) is 13.2. The van der Waals surface area contributed by atoms with E-state index in [1.807, 2.05) is 11.3 Å². The zero-order valence-electron chi connectivity index (χ0n) is 7.72. The van der Waals surface area contributed by atoms with Gasteiger partial charge in [0.25, 0.3) is 0 Å². The maximum Gasteiger partial charge on any atom is 0.0285 e. The van der Waals surface area contributed by atoms with Crippen LogP contribution in [0, 0.1) is 5.92 Å². The molecule has 0 nitrogen and oxygen atoms in total. The summed E-state index contributed by atoms with van der Waals surface area (Å²) in [6.45, 7) is 2.25. The lowest BCUT2D eigenvalue weighted by atomic mass is 10.0. The molecule has 1 aromatic heterocycles. The van der Waals surface area contributed by atoms with Gasteiger partial charge in [0.1, 0.15) is 0 Å². The average Bonchev–Trinajstić information content (AvgIpc) is 2.50. The largest absolute Gasteiger partial charge is 0.148 e. The van der Waals surface area contributed by atoms with Crippen molar-refractivity contribution >= 4 is 43.2 Å². The van der Waals surface area contributed by atoms with Crippen LogP contribution in [-0.2, 0) is 6.42 Å². The number of halogens is 2. The fourth-order valence-electron chi connectivity index (χ4n) is 1.39. The fourth-order valence-corrected chi connectivity index (χ4v) is 3.51. The average molecular weight is 326 g/mol. The summed E-state index contributed by atoms with van der Waals surface area (Å²) in [7, 11) is 0. The van der Waals surface area contributed by atoms with E-state index in [2.05, 4.69) is 50.2 Å². The van der Waals surface area contributed by atoms with Gasteiger partial charge in [-0.05, 0) is 40.8 Å². The Labute approximate surface area is 101 Å². The molecule has 0 aliphatic heterocycles. The van der Waals surface area contributed by atoms with Gasteiger partial charge in [0, 0.05) is 20.1 Å². The molecular weight excluding hydrogens is 312 g/mol. The smallest absolute Gasteiger partial charge is 0.0285 e. The summed E-state index contributed by atoms with van der Waals surface area (Å²) in [4.78, 5) is 1.49. The number of thiophene rings is 1. The molecule has 0 saturated heterocycles. The van der Waals surface area contributed by atoms with Crippen LogP contribution in [0.2, 0.25) is 0 Å². The minimum Gasteiger partial charge on any atom is -0.148 e. The maximum atomic E-state index is 3.57. The van der Waals surface area contributed by atoms with Gasteiger partial charge in [0.05, 0.1) is 0 Å². The van der Waals surface area contributed by atoms with Gasteiger partial charge in [-0.25, -0.2) is 0 Å². The maximum absolute atomic E-state index is 3.57. The van der Waals surface area contributed by atoms with Gasteiger partial charge in [-0.15, -0.1) is 11.3 Å². The summed E-state index contributed by atoms with van der Waals surface area (Å²) in [6, 6.07) is 2.23. The first-order valence-electron chi connectivity index (χ1n) is 4.55. The molecule has 1 heterocycles. The number of hydrogen-bond donors (Lipinski definition) is 0. The highest BCUT2D eigenvalue weighted by Gasteiger charge is 2.08. The molecule has 1 aromatic rings. The second kappa shape index (κ2) is 6.20. The molecule has 0 fully saturated rings. The second-order valence-corrected chi connectivity index (χ2v) is 5.80. The lowest BCUT2D eigenvalue weighted by Gasteiger charge is -2.10. The summed E-state index contributed by atoms with van der Waals surface area (Å²) in [5, 5.41) is 3.28. The predicted molar refractivity (Wildman–Crippen MR) is 67.9 cm³/mol. The quantitative estimate of drug-likeness (QED) is 0.678. The molecule has 0 amide bonds. The zero-order chi connectivity index (χ0) is 9.68. The Kier molecular flexibility index (Phi) is 5.60. The summed E-state index contributed by atoms with van der Waals surface area (Å²) in [5.41, 5.74) is 0. The number of rotatable bonds is 5. The van der Waals surface area contributed by atoms with Gasteiger partial charge in [0.2, 0.25) is 0 Å². The molecule has 74 valence electrons. The Morgan fingerprint density at radius 1 is 1.54 bits per heavy atom. The van der Waals surface area contributed by atoms with E-state index in [1.54, 1.807) is 0 Å². The van der Waals surface area contributed by atoms with E-state index < -0.39 is 0 Å². The van der Waals surface area contributed by atoms with E-state index in [1.165, 1.54) is 28.6 Å². The lowest BCUT2D eigenvalue weighted by molar-refractivity contribution is 0.538.